The van der Waals surface area contributed by atoms with Gasteiger partial charge in [-0.1, -0.05) is 13.0 Å². The van der Waals surface area contributed by atoms with Gasteiger partial charge in [0.1, 0.15) is 0 Å². The molecule has 0 amide bonds. The largest absolute Gasteiger partial charge is 0.358 e. The van der Waals surface area contributed by atoms with Crippen molar-refractivity contribution in [3.05, 3.63) is 40.0 Å². The van der Waals surface area contributed by atoms with Crippen LogP contribution in [0.4, 0.5) is 0 Å². The first-order valence-corrected chi connectivity index (χ1v) is 8.91. The maximum absolute atomic E-state index is 5.10. The average Bonchev–Trinajstić information content (AvgIpc) is 2.89. The summed E-state index contributed by atoms with van der Waals surface area (Å²) in [5.41, 5.74) is 7.95. The van der Waals surface area contributed by atoms with Gasteiger partial charge < -0.3 is 4.74 Å². The summed E-state index contributed by atoms with van der Waals surface area (Å²) in [7, 11) is 5.85. The van der Waals surface area contributed by atoms with E-state index in [1.54, 1.807) is 7.11 Å². The van der Waals surface area contributed by atoms with Crippen LogP contribution < -0.4 is 9.36 Å². The summed E-state index contributed by atoms with van der Waals surface area (Å²) >= 11 is 0. The van der Waals surface area contributed by atoms with Gasteiger partial charge >= 0.3 is 0 Å². The molecule has 0 aliphatic rings. The second-order valence-corrected chi connectivity index (χ2v) is 6.59. The minimum Gasteiger partial charge on any atom is -0.358 e. The SMILES string of the molecule is CCC=Cn1c(C)c(C)c(C)[n+]1C.COCn1c(C)c(C)c(C)[n+]1C. The van der Waals surface area contributed by atoms with Gasteiger partial charge in [0.2, 0.25) is 11.4 Å². The molecule has 25 heavy (non-hydrogen) atoms. The van der Waals surface area contributed by atoms with E-state index in [1.807, 2.05) is 7.05 Å². The molecule has 0 saturated heterocycles. The van der Waals surface area contributed by atoms with E-state index in [9.17, 15) is 0 Å². The Morgan fingerprint density at radius 2 is 1.40 bits per heavy atom. The highest BCUT2D eigenvalue weighted by Crippen LogP contribution is 2.09. The maximum Gasteiger partial charge on any atom is 0.208 e. The molecule has 2 rings (SSSR count). The molecule has 5 nitrogen and oxygen atoms in total. The number of allylic oxidation sites excluding steroid dienone is 1. The van der Waals surface area contributed by atoms with Crippen LogP contribution in [0.15, 0.2) is 6.08 Å². The Morgan fingerprint density at radius 1 is 0.880 bits per heavy atom. The van der Waals surface area contributed by atoms with E-state index in [0.29, 0.717) is 6.73 Å². The lowest BCUT2D eigenvalue weighted by molar-refractivity contribution is -0.762. The van der Waals surface area contributed by atoms with Crippen LogP contribution in [0.1, 0.15) is 47.2 Å². The molecule has 0 aliphatic carbocycles. The summed E-state index contributed by atoms with van der Waals surface area (Å²) in [6, 6.07) is 0. The molecule has 0 unspecified atom stereocenters. The van der Waals surface area contributed by atoms with Crippen LogP contribution in [0.5, 0.6) is 0 Å². The molecule has 2 aromatic heterocycles. The second kappa shape index (κ2) is 8.99. The number of rotatable bonds is 4. The van der Waals surface area contributed by atoms with Gasteiger partial charge in [0, 0.05) is 32.1 Å². The molecule has 0 bridgehead atoms. The minimum absolute atomic E-state index is 0.622. The van der Waals surface area contributed by atoms with E-state index in [4.69, 9.17) is 4.74 Å². The fourth-order valence-electron chi connectivity index (χ4n) is 2.89. The molecule has 0 N–H and O–H groups in total. The molecule has 0 fully saturated rings. The number of hydrogen-bond acceptors (Lipinski definition) is 1. The minimum atomic E-state index is 0.622. The van der Waals surface area contributed by atoms with Gasteiger partial charge in [0.25, 0.3) is 0 Å². The van der Waals surface area contributed by atoms with E-state index in [2.05, 4.69) is 86.5 Å². The lowest BCUT2D eigenvalue weighted by atomic mass is 10.2. The quantitative estimate of drug-likeness (QED) is 0.781. The highest BCUT2D eigenvalue weighted by atomic mass is 16.5. The average molecular weight is 349 g/mol. The molecule has 0 aliphatic heterocycles. The van der Waals surface area contributed by atoms with Crippen molar-refractivity contribution in [2.45, 2.75) is 61.6 Å². The first kappa shape index (κ1) is 21.2. The first-order chi connectivity index (χ1) is 11.7. The molecule has 140 valence electrons. The van der Waals surface area contributed by atoms with Crippen LogP contribution in [0.2, 0.25) is 0 Å². The van der Waals surface area contributed by atoms with Gasteiger partial charge in [0.15, 0.2) is 20.8 Å². The summed E-state index contributed by atoms with van der Waals surface area (Å²) in [5.74, 6) is 0. The Labute approximate surface area is 153 Å². The van der Waals surface area contributed by atoms with Crippen molar-refractivity contribution in [3.8, 4) is 0 Å². The molecule has 2 aromatic rings. The van der Waals surface area contributed by atoms with Crippen molar-refractivity contribution in [2.75, 3.05) is 7.11 Å². The second-order valence-electron chi connectivity index (χ2n) is 6.59. The third-order valence-electron chi connectivity index (χ3n) is 5.29. The zero-order valence-electron chi connectivity index (χ0n) is 17.8. The van der Waals surface area contributed by atoms with E-state index in [1.165, 1.54) is 33.9 Å². The van der Waals surface area contributed by atoms with E-state index in [0.717, 1.165) is 6.42 Å². The summed E-state index contributed by atoms with van der Waals surface area (Å²) < 4.78 is 13.7. The summed E-state index contributed by atoms with van der Waals surface area (Å²) in [4.78, 5) is 0. The zero-order chi connectivity index (χ0) is 19.3. The van der Waals surface area contributed by atoms with Crippen LogP contribution >= 0.6 is 0 Å². The molecular weight excluding hydrogens is 312 g/mol. The van der Waals surface area contributed by atoms with Crippen molar-refractivity contribution in [2.24, 2.45) is 14.1 Å². The van der Waals surface area contributed by atoms with Gasteiger partial charge in [-0.2, -0.15) is 0 Å². The van der Waals surface area contributed by atoms with Crippen molar-refractivity contribution in [3.63, 3.8) is 0 Å². The number of ether oxygens (including phenoxy) is 1. The maximum atomic E-state index is 5.10. The number of aromatic nitrogens is 4. The predicted molar refractivity (Wildman–Crippen MR) is 102 cm³/mol. The molecular formula is C20H36N4O+2. The summed E-state index contributed by atoms with van der Waals surface area (Å²) in [6.07, 6.45) is 5.39. The topological polar surface area (TPSA) is 26.8 Å². The predicted octanol–water partition coefficient (Wildman–Crippen LogP) is 2.96. The van der Waals surface area contributed by atoms with Crippen LogP contribution in [0, 0.1) is 41.5 Å². The Bertz CT molecular complexity index is 700. The van der Waals surface area contributed by atoms with Crippen LogP contribution in [0.3, 0.4) is 0 Å². The molecule has 0 spiro atoms. The van der Waals surface area contributed by atoms with Crippen LogP contribution in [0.25, 0.3) is 6.20 Å². The Morgan fingerprint density at radius 3 is 1.76 bits per heavy atom. The zero-order valence-corrected chi connectivity index (χ0v) is 17.8. The van der Waals surface area contributed by atoms with Crippen molar-refractivity contribution in [1.29, 1.82) is 0 Å². The summed E-state index contributed by atoms with van der Waals surface area (Å²) in [5, 5.41) is 0. The fourth-order valence-corrected chi connectivity index (χ4v) is 2.89. The van der Waals surface area contributed by atoms with E-state index in [-0.39, 0.29) is 0 Å². The van der Waals surface area contributed by atoms with Crippen molar-refractivity contribution in [1.82, 2.24) is 9.36 Å². The van der Waals surface area contributed by atoms with Gasteiger partial charge in [-0.05, 0) is 34.1 Å². The molecule has 0 aromatic carbocycles. The monoisotopic (exact) mass is 348 g/mol. The lowest BCUT2D eigenvalue weighted by Crippen LogP contribution is -2.41. The first-order valence-electron chi connectivity index (χ1n) is 8.91. The third-order valence-corrected chi connectivity index (χ3v) is 5.29. The van der Waals surface area contributed by atoms with Gasteiger partial charge in [-0.15, -0.1) is 18.7 Å². The van der Waals surface area contributed by atoms with E-state index >= 15 is 0 Å². The highest BCUT2D eigenvalue weighted by Gasteiger charge is 2.18. The van der Waals surface area contributed by atoms with Gasteiger partial charge in [-0.3, -0.25) is 0 Å². The normalized spacial score (nSPS) is 11.1. The molecule has 0 saturated carbocycles. The number of hydrogen-bond donors (Lipinski definition) is 0. The number of methoxy groups -OCH3 is 1. The molecule has 0 radical (unpaired) electrons. The third kappa shape index (κ3) is 4.40. The standard InChI is InChI=1S/C11H19N2.C9H17N2O/c1-6-7-8-13-11(4)9(2)10(3)12(13)5;1-7-8(2)10(4)11(6-12-5)9(7)3/h7-8H,6H2,1-5H3;6H2,1-5H3/q2*+1. The Balaban J connectivity index is 0.000000251. The highest BCUT2D eigenvalue weighted by molar-refractivity contribution is 5.28. The fraction of sp³-hybridized carbons (Fsp3) is 0.600. The Hall–Kier alpha value is -1.88. The number of nitrogens with zero attached hydrogens (tertiary/aromatic N) is 4. The molecule has 0 atom stereocenters. The molecule has 2 heterocycles. The summed E-state index contributed by atoms with van der Waals surface area (Å²) in [6.45, 7) is 15.6. The van der Waals surface area contributed by atoms with E-state index < -0.39 is 0 Å². The smallest absolute Gasteiger partial charge is 0.208 e. The van der Waals surface area contributed by atoms with Crippen LogP contribution in [-0.2, 0) is 25.6 Å². The van der Waals surface area contributed by atoms with Crippen molar-refractivity contribution < 1.29 is 14.1 Å². The van der Waals surface area contributed by atoms with Crippen LogP contribution in [-0.4, -0.2) is 16.5 Å². The Kier molecular flexibility index (Phi) is 7.61. The van der Waals surface area contributed by atoms with Gasteiger partial charge in [-0.25, -0.2) is 0 Å². The molecule has 5 heteroatoms. The van der Waals surface area contributed by atoms with Crippen molar-refractivity contribution >= 4 is 6.20 Å². The lowest BCUT2D eigenvalue weighted by Gasteiger charge is -1.99. The van der Waals surface area contributed by atoms with Gasteiger partial charge in [0.05, 0.1) is 17.6 Å².